The van der Waals surface area contributed by atoms with Gasteiger partial charge in [0.1, 0.15) is 6.17 Å². The Bertz CT molecular complexity index is 45.0. The van der Waals surface area contributed by atoms with Crippen LogP contribution in [0, 0.1) is 0 Å². The van der Waals surface area contributed by atoms with Gasteiger partial charge in [0.15, 0.2) is 0 Å². The van der Waals surface area contributed by atoms with Gasteiger partial charge < -0.3 is 5.32 Å². The summed E-state index contributed by atoms with van der Waals surface area (Å²) in [7, 11) is 0. The molecule has 1 nitrogen and oxygen atoms in total. The van der Waals surface area contributed by atoms with Crippen LogP contribution >= 0.6 is 17.0 Å². The van der Waals surface area contributed by atoms with E-state index in [1.807, 2.05) is 0 Å². The van der Waals surface area contributed by atoms with Crippen LogP contribution in [-0.2, 0) is 0 Å². The molecule has 0 amide bonds. The summed E-state index contributed by atoms with van der Waals surface area (Å²) in [5, 5.41) is 2.90. The molecule has 0 saturated carbocycles. The third-order valence-electron chi connectivity index (χ3n) is 1.00. The molecule has 1 aliphatic heterocycles. The van der Waals surface area contributed by atoms with Crippen LogP contribution in [-0.4, -0.2) is 19.3 Å². The van der Waals surface area contributed by atoms with Crippen LogP contribution in [0.1, 0.15) is 6.42 Å². The molecule has 1 aliphatic rings. The maximum atomic E-state index is 11.9. The van der Waals surface area contributed by atoms with Crippen molar-refractivity contribution in [2.75, 3.05) is 13.1 Å². The molecular weight excluding hydrogens is 161 g/mol. The third-order valence-corrected chi connectivity index (χ3v) is 1.00. The molecule has 0 aromatic carbocycles. The van der Waals surface area contributed by atoms with Crippen molar-refractivity contribution in [1.29, 1.82) is 0 Å². The van der Waals surface area contributed by atoms with Crippen LogP contribution < -0.4 is 5.32 Å². The van der Waals surface area contributed by atoms with Gasteiger partial charge in [-0.25, -0.2) is 4.39 Å². The minimum atomic E-state index is -0.565. The average Bonchev–Trinajstić information content (AvgIpc) is 1.86. The number of halogens is 2. The minimum Gasteiger partial charge on any atom is -0.314 e. The second-order valence-corrected chi connectivity index (χ2v) is 1.59. The molecule has 1 rings (SSSR count). The Morgan fingerprint density at radius 3 is 2.43 bits per heavy atom. The topological polar surface area (TPSA) is 12.0 Å². The summed E-state index contributed by atoms with van der Waals surface area (Å²) in [6, 6.07) is 0. The Morgan fingerprint density at radius 1 is 1.57 bits per heavy atom. The molecule has 1 atom stereocenters. The Morgan fingerprint density at radius 2 is 2.29 bits per heavy atom. The van der Waals surface area contributed by atoms with Crippen molar-refractivity contribution in [1.82, 2.24) is 5.32 Å². The Kier molecular flexibility index (Phi) is 3.56. The van der Waals surface area contributed by atoms with E-state index in [2.05, 4.69) is 5.32 Å². The smallest absolute Gasteiger partial charge is 0.114 e. The first-order chi connectivity index (χ1) is 2.89. The molecule has 1 fully saturated rings. The largest absolute Gasteiger partial charge is 0.314 e. The molecule has 0 spiro atoms. The van der Waals surface area contributed by atoms with E-state index in [1.54, 1.807) is 0 Å². The lowest BCUT2D eigenvalue weighted by Gasteiger charge is -1.86. The monoisotopic (exact) mass is 169 g/mol. The van der Waals surface area contributed by atoms with Gasteiger partial charge >= 0.3 is 0 Å². The summed E-state index contributed by atoms with van der Waals surface area (Å²) in [6.07, 6.45) is 0.144. The fourth-order valence-electron chi connectivity index (χ4n) is 0.619. The van der Waals surface area contributed by atoms with Gasteiger partial charge in [-0.15, -0.1) is 17.0 Å². The van der Waals surface area contributed by atoms with Gasteiger partial charge in [-0.1, -0.05) is 0 Å². The van der Waals surface area contributed by atoms with Crippen LogP contribution in [0.25, 0.3) is 0 Å². The van der Waals surface area contributed by atoms with E-state index >= 15 is 0 Å². The molecular formula is C4H9BrFN. The minimum absolute atomic E-state index is 0. The van der Waals surface area contributed by atoms with E-state index < -0.39 is 6.17 Å². The first-order valence-electron chi connectivity index (χ1n) is 2.24. The molecule has 0 aromatic heterocycles. The van der Waals surface area contributed by atoms with Crippen molar-refractivity contribution in [3.8, 4) is 0 Å². The third kappa shape index (κ3) is 2.24. The fourth-order valence-corrected chi connectivity index (χ4v) is 0.619. The zero-order chi connectivity index (χ0) is 4.41. The van der Waals surface area contributed by atoms with Crippen molar-refractivity contribution < 1.29 is 4.39 Å². The zero-order valence-corrected chi connectivity index (χ0v) is 5.70. The van der Waals surface area contributed by atoms with E-state index in [0.717, 1.165) is 6.54 Å². The highest BCUT2D eigenvalue weighted by atomic mass is 79.9. The van der Waals surface area contributed by atoms with E-state index in [-0.39, 0.29) is 17.0 Å². The average molecular weight is 170 g/mol. The number of rotatable bonds is 0. The van der Waals surface area contributed by atoms with Crippen LogP contribution in [0.5, 0.6) is 0 Å². The Labute approximate surface area is 53.1 Å². The Hall–Kier alpha value is 0.370. The van der Waals surface area contributed by atoms with Crippen molar-refractivity contribution >= 4 is 17.0 Å². The van der Waals surface area contributed by atoms with Crippen molar-refractivity contribution in [2.45, 2.75) is 12.6 Å². The molecule has 1 N–H and O–H groups in total. The first kappa shape index (κ1) is 7.37. The molecule has 0 aromatic rings. The van der Waals surface area contributed by atoms with Crippen LogP contribution in [0.2, 0.25) is 0 Å². The van der Waals surface area contributed by atoms with Gasteiger partial charge in [0.25, 0.3) is 0 Å². The predicted octanol–water partition coefficient (Wildman–Crippen LogP) is 0.896. The highest BCUT2D eigenvalue weighted by molar-refractivity contribution is 8.93. The van der Waals surface area contributed by atoms with Gasteiger partial charge in [-0.3, -0.25) is 0 Å². The van der Waals surface area contributed by atoms with Crippen LogP contribution in [0.15, 0.2) is 0 Å². The molecule has 0 aliphatic carbocycles. The van der Waals surface area contributed by atoms with Gasteiger partial charge in [-0.2, -0.15) is 0 Å². The predicted molar refractivity (Wildman–Crippen MR) is 32.7 cm³/mol. The molecule has 3 heteroatoms. The lowest BCUT2D eigenvalue weighted by Crippen LogP contribution is -2.08. The van der Waals surface area contributed by atoms with Gasteiger partial charge in [-0.05, 0) is 13.0 Å². The fraction of sp³-hybridized carbons (Fsp3) is 1.00. The van der Waals surface area contributed by atoms with Gasteiger partial charge in [0, 0.05) is 6.54 Å². The number of alkyl halides is 1. The van der Waals surface area contributed by atoms with Crippen LogP contribution in [0.4, 0.5) is 4.39 Å². The summed E-state index contributed by atoms with van der Waals surface area (Å²) in [4.78, 5) is 0. The highest BCUT2D eigenvalue weighted by Crippen LogP contribution is 1.99. The van der Waals surface area contributed by atoms with Crippen molar-refractivity contribution in [3.05, 3.63) is 0 Å². The molecule has 1 heterocycles. The highest BCUT2D eigenvalue weighted by Gasteiger charge is 2.10. The quantitative estimate of drug-likeness (QED) is 0.569. The van der Waals surface area contributed by atoms with E-state index in [1.165, 1.54) is 0 Å². The maximum absolute atomic E-state index is 11.9. The lowest BCUT2D eigenvalue weighted by atomic mass is 10.4. The van der Waals surface area contributed by atoms with Gasteiger partial charge in [0.2, 0.25) is 0 Å². The molecule has 0 radical (unpaired) electrons. The van der Waals surface area contributed by atoms with E-state index in [0.29, 0.717) is 13.0 Å². The molecule has 44 valence electrons. The SMILES string of the molecule is Br.F[C@@H]1CCNC1. The van der Waals surface area contributed by atoms with Gasteiger partial charge in [0.05, 0.1) is 0 Å². The molecule has 1 saturated heterocycles. The van der Waals surface area contributed by atoms with Crippen molar-refractivity contribution in [2.24, 2.45) is 0 Å². The van der Waals surface area contributed by atoms with E-state index in [4.69, 9.17) is 0 Å². The van der Waals surface area contributed by atoms with E-state index in [9.17, 15) is 4.39 Å². The molecule has 0 bridgehead atoms. The standard InChI is InChI=1S/C4H8FN.BrH/c5-4-1-2-6-3-4;/h4,6H,1-3H2;1H/t4-;/m1./s1. The van der Waals surface area contributed by atoms with Crippen molar-refractivity contribution in [3.63, 3.8) is 0 Å². The summed E-state index contributed by atoms with van der Waals surface area (Å²) >= 11 is 0. The van der Waals surface area contributed by atoms with Crippen LogP contribution in [0.3, 0.4) is 0 Å². The second-order valence-electron chi connectivity index (χ2n) is 1.59. The first-order valence-corrected chi connectivity index (χ1v) is 2.24. The summed E-state index contributed by atoms with van der Waals surface area (Å²) < 4.78 is 11.9. The second kappa shape index (κ2) is 3.38. The Balaban J connectivity index is 0.000000360. The number of nitrogens with one attached hydrogen (secondary N) is 1. The maximum Gasteiger partial charge on any atom is 0.114 e. The summed E-state index contributed by atoms with van der Waals surface area (Å²) in [6.45, 7) is 1.43. The normalized spacial score (nSPS) is 29.6. The lowest BCUT2D eigenvalue weighted by molar-refractivity contribution is 0.361. The summed E-state index contributed by atoms with van der Waals surface area (Å²) in [5.41, 5.74) is 0. The molecule has 7 heavy (non-hydrogen) atoms. The zero-order valence-electron chi connectivity index (χ0n) is 3.98. The molecule has 0 unspecified atom stereocenters. The number of hydrogen-bond donors (Lipinski definition) is 1. The number of hydrogen-bond acceptors (Lipinski definition) is 1. The summed E-state index contributed by atoms with van der Waals surface area (Å²) in [5.74, 6) is 0.